The average Bonchev–Trinajstić information content (AvgIpc) is 3.30. The molecule has 29 heavy (non-hydrogen) atoms. The molecule has 1 fully saturated rings. The van der Waals surface area contributed by atoms with Crippen molar-refractivity contribution in [3.63, 3.8) is 0 Å². The Kier molecular flexibility index (Phi) is 4.89. The lowest BCUT2D eigenvalue weighted by Gasteiger charge is -2.27. The van der Waals surface area contributed by atoms with Crippen molar-refractivity contribution in [2.24, 2.45) is 0 Å². The van der Waals surface area contributed by atoms with Gasteiger partial charge in [0.25, 0.3) is 0 Å². The summed E-state index contributed by atoms with van der Waals surface area (Å²) in [6.45, 7) is 2.09. The molecule has 1 aliphatic rings. The second-order valence-corrected chi connectivity index (χ2v) is 6.88. The number of hydrogen-bond donors (Lipinski definition) is 0. The van der Waals surface area contributed by atoms with Crippen LogP contribution < -0.4 is 4.90 Å². The molecule has 1 aromatic carbocycles. The van der Waals surface area contributed by atoms with Gasteiger partial charge in [0.1, 0.15) is 17.6 Å². The predicted molar refractivity (Wildman–Crippen MR) is 102 cm³/mol. The molecule has 4 rings (SSSR count). The fourth-order valence-corrected chi connectivity index (χ4v) is 3.77. The number of carbonyl (C=O) groups is 1. The van der Waals surface area contributed by atoms with Gasteiger partial charge >= 0.3 is 5.97 Å². The Morgan fingerprint density at radius 2 is 2.21 bits per heavy atom. The zero-order valence-electron chi connectivity index (χ0n) is 15.7. The van der Waals surface area contributed by atoms with Crippen LogP contribution in [0.1, 0.15) is 40.9 Å². The number of aromatic nitrogens is 2. The van der Waals surface area contributed by atoms with Crippen LogP contribution in [-0.4, -0.2) is 34.9 Å². The van der Waals surface area contributed by atoms with Crippen molar-refractivity contribution in [2.75, 3.05) is 18.1 Å². The molecule has 3 heterocycles. The largest absolute Gasteiger partial charge is 0.462 e. The Balaban J connectivity index is 1.75. The number of rotatable bonds is 4. The van der Waals surface area contributed by atoms with E-state index in [1.54, 1.807) is 35.8 Å². The maximum atomic E-state index is 14.3. The molecule has 0 bridgehead atoms. The molecule has 2 aromatic heterocycles. The summed E-state index contributed by atoms with van der Waals surface area (Å²) >= 11 is 0. The van der Waals surface area contributed by atoms with Gasteiger partial charge in [-0.1, -0.05) is 0 Å². The number of esters is 1. The van der Waals surface area contributed by atoms with Crippen molar-refractivity contribution in [3.05, 3.63) is 65.2 Å². The highest BCUT2D eigenvalue weighted by Crippen LogP contribution is 2.38. The molecule has 0 amide bonds. The molecule has 148 valence electrons. The van der Waals surface area contributed by atoms with Gasteiger partial charge in [0.05, 0.1) is 36.0 Å². The van der Waals surface area contributed by atoms with E-state index in [2.05, 4.69) is 5.10 Å². The van der Waals surface area contributed by atoms with Gasteiger partial charge in [0.15, 0.2) is 0 Å². The lowest BCUT2D eigenvalue weighted by Crippen LogP contribution is -2.24. The van der Waals surface area contributed by atoms with Crippen LogP contribution in [0.2, 0.25) is 0 Å². The molecular formula is C21H18F2N4O2. The summed E-state index contributed by atoms with van der Waals surface area (Å²) in [5.41, 5.74) is 2.27. The first-order valence-electron chi connectivity index (χ1n) is 9.26. The number of carbonyl (C=O) groups excluding carboxylic acids is 1. The number of ether oxygens (including phenoxy) is 1. The Morgan fingerprint density at radius 1 is 1.38 bits per heavy atom. The summed E-state index contributed by atoms with van der Waals surface area (Å²) in [6.07, 6.45) is 2.20. The minimum Gasteiger partial charge on any atom is -0.462 e. The third-order valence-corrected chi connectivity index (χ3v) is 5.02. The number of halogens is 2. The fraction of sp³-hybridized carbons (Fsp3) is 0.286. The first kappa shape index (κ1) is 18.9. The highest BCUT2D eigenvalue weighted by molar-refractivity contribution is 5.97. The molecule has 0 aliphatic carbocycles. The number of nitrogens with zero attached hydrogens (tertiary/aromatic N) is 4. The number of benzene rings is 1. The van der Waals surface area contributed by atoms with Crippen molar-refractivity contribution in [1.82, 2.24) is 9.61 Å². The SMILES string of the molecule is CCOC(=O)c1cnn2ccc(N3CC(F)CC3c3cc(F)cc(C#N)c3)cc12. The highest BCUT2D eigenvalue weighted by atomic mass is 19.1. The predicted octanol–water partition coefficient (Wildman–Crippen LogP) is 3.81. The van der Waals surface area contributed by atoms with Crippen LogP contribution in [0.25, 0.3) is 5.52 Å². The fourth-order valence-electron chi connectivity index (χ4n) is 3.77. The molecule has 6 nitrogen and oxygen atoms in total. The van der Waals surface area contributed by atoms with E-state index in [9.17, 15) is 13.6 Å². The highest BCUT2D eigenvalue weighted by Gasteiger charge is 2.34. The second-order valence-electron chi connectivity index (χ2n) is 6.88. The molecule has 2 atom stereocenters. The van der Waals surface area contributed by atoms with Gasteiger partial charge in [0.2, 0.25) is 0 Å². The minimum atomic E-state index is -1.10. The van der Waals surface area contributed by atoms with Crippen LogP contribution in [0.4, 0.5) is 14.5 Å². The standard InChI is InChI=1S/C21H18F2N4O2/c1-2-29-21(28)18-11-25-27-4-3-17(9-20(18)27)26-12-16(23)8-19(26)14-5-13(10-24)6-15(22)7-14/h3-7,9,11,16,19H,2,8,12H2,1H3. The number of pyridine rings is 1. The molecular weight excluding hydrogens is 378 g/mol. The number of nitriles is 1. The van der Waals surface area contributed by atoms with Crippen LogP contribution >= 0.6 is 0 Å². The second kappa shape index (κ2) is 7.51. The quantitative estimate of drug-likeness (QED) is 0.627. The van der Waals surface area contributed by atoms with Gasteiger partial charge in [-0.15, -0.1) is 0 Å². The molecule has 0 N–H and O–H groups in total. The zero-order chi connectivity index (χ0) is 20.5. The summed E-state index contributed by atoms with van der Waals surface area (Å²) < 4.78 is 34.9. The van der Waals surface area contributed by atoms with Crippen molar-refractivity contribution in [2.45, 2.75) is 25.6 Å². The molecule has 2 unspecified atom stereocenters. The Morgan fingerprint density at radius 3 is 2.97 bits per heavy atom. The Hall–Kier alpha value is -3.47. The van der Waals surface area contributed by atoms with Crippen molar-refractivity contribution < 1.29 is 18.3 Å². The Labute approximate surface area is 165 Å². The van der Waals surface area contributed by atoms with E-state index < -0.39 is 24.0 Å². The van der Waals surface area contributed by atoms with Crippen LogP contribution in [0.15, 0.2) is 42.7 Å². The van der Waals surface area contributed by atoms with E-state index in [0.717, 1.165) is 6.07 Å². The van der Waals surface area contributed by atoms with Gasteiger partial charge in [0, 0.05) is 24.8 Å². The van der Waals surface area contributed by atoms with Gasteiger partial charge < -0.3 is 9.64 Å². The molecule has 3 aromatic rings. The van der Waals surface area contributed by atoms with Crippen LogP contribution in [0, 0.1) is 17.1 Å². The molecule has 0 spiro atoms. The summed E-state index contributed by atoms with van der Waals surface area (Å²) in [7, 11) is 0. The monoisotopic (exact) mass is 396 g/mol. The van der Waals surface area contributed by atoms with E-state index in [1.807, 2.05) is 11.0 Å². The van der Waals surface area contributed by atoms with Crippen LogP contribution in [0.3, 0.4) is 0 Å². The number of hydrogen-bond acceptors (Lipinski definition) is 5. The molecule has 0 radical (unpaired) electrons. The molecule has 1 saturated heterocycles. The molecule has 0 saturated carbocycles. The van der Waals surface area contributed by atoms with E-state index in [-0.39, 0.29) is 25.1 Å². The first-order chi connectivity index (χ1) is 14.0. The van der Waals surface area contributed by atoms with Crippen LogP contribution in [-0.2, 0) is 4.74 Å². The third-order valence-electron chi connectivity index (χ3n) is 5.02. The van der Waals surface area contributed by atoms with Crippen molar-refractivity contribution in [1.29, 1.82) is 5.26 Å². The smallest absolute Gasteiger partial charge is 0.341 e. The lowest BCUT2D eigenvalue weighted by molar-refractivity contribution is 0.0528. The van der Waals surface area contributed by atoms with Gasteiger partial charge in [-0.05, 0) is 42.8 Å². The topological polar surface area (TPSA) is 70.6 Å². The maximum Gasteiger partial charge on any atom is 0.341 e. The van der Waals surface area contributed by atoms with Crippen molar-refractivity contribution >= 4 is 17.2 Å². The Bertz CT molecular complexity index is 1120. The number of fused-ring (bicyclic) bond motifs is 1. The van der Waals surface area contributed by atoms with E-state index in [0.29, 0.717) is 22.3 Å². The summed E-state index contributed by atoms with van der Waals surface area (Å²) in [6, 6.07) is 9.09. The summed E-state index contributed by atoms with van der Waals surface area (Å²) in [5.74, 6) is -1.01. The number of anilines is 1. The van der Waals surface area contributed by atoms with E-state index >= 15 is 0 Å². The third kappa shape index (κ3) is 3.51. The van der Waals surface area contributed by atoms with Gasteiger partial charge in [-0.2, -0.15) is 10.4 Å². The maximum absolute atomic E-state index is 14.3. The normalized spacial score (nSPS) is 18.8. The summed E-state index contributed by atoms with van der Waals surface area (Å²) in [5, 5.41) is 13.3. The van der Waals surface area contributed by atoms with E-state index in [4.69, 9.17) is 10.00 Å². The van der Waals surface area contributed by atoms with Crippen molar-refractivity contribution in [3.8, 4) is 6.07 Å². The lowest BCUT2D eigenvalue weighted by atomic mass is 10.0. The molecule has 1 aliphatic heterocycles. The van der Waals surface area contributed by atoms with Gasteiger partial charge in [-0.25, -0.2) is 18.1 Å². The summed E-state index contributed by atoms with van der Waals surface area (Å²) in [4.78, 5) is 14.0. The zero-order valence-corrected chi connectivity index (χ0v) is 15.7. The number of alkyl halides is 1. The van der Waals surface area contributed by atoms with Gasteiger partial charge in [-0.3, -0.25) is 0 Å². The minimum absolute atomic E-state index is 0.127. The average molecular weight is 396 g/mol. The van der Waals surface area contributed by atoms with E-state index in [1.165, 1.54) is 12.3 Å². The van der Waals surface area contributed by atoms with Crippen LogP contribution in [0.5, 0.6) is 0 Å². The first-order valence-corrected chi connectivity index (χ1v) is 9.26. The molecule has 8 heteroatoms.